The van der Waals surface area contributed by atoms with Gasteiger partial charge >= 0.3 is 0 Å². The lowest BCUT2D eigenvalue weighted by atomic mass is 10.1. The lowest BCUT2D eigenvalue weighted by molar-refractivity contribution is 0.331. The molecule has 5 nitrogen and oxygen atoms in total. The molecule has 3 heterocycles. The van der Waals surface area contributed by atoms with E-state index in [4.69, 9.17) is 0 Å². The Morgan fingerprint density at radius 3 is 2.37 bits per heavy atom. The first-order valence-corrected chi connectivity index (χ1v) is 11.7. The van der Waals surface area contributed by atoms with Crippen LogP contribution in [0.15, 0.2) is 46.8 Å². The van der Waals surface area contributed by atoms with E-state index < -0.39 is 0 Å². The molecule has 0 aliphatic carbocycles. The molecule has 0 amide bonds. The molecule has 0 radical (unpaired) electrons. The zero-order valence-electron chi connectivity index (χ0n) is 17.8. The molecule has 4 rings (SSSR count). The van der Waals surface area contributed by atoms with E-state index in [1.54, 1.807) is 0 Å². The molecule has 2 aliphatic rings. The van der Waals surface area contributed by atoms with Crippen molar-refractivity contribution in [1.29, 1.82) is 0 Å². The van der Waals surface area contributed by atoms with Crippen LogP contribution in [0.25, 0.3) is 0 Å². The monoisotopic (exact) mass is 539 g/mol. The van der Waals surface area contributed by atoms with Crippen LogP contribution in [0.3, 0.4) is 0 Å². The Morgan fingerprint density at radius 1 is 1.03 bits per heavy atom. The van der Waals surface area contributed by atoms with Crippen molar-refractivity contribution < 1.29 is 0 Å². The third kappa shape index (κ3) is 6.59. The largest absolute Gasteiger partial charge is 0.363 e. The van der Waals surface area contributed by atoms with E-state index in [1.165, 1.54) is 42.1 Å². The van der Waals surface area contributed by atoms with Gasteiger partial charge in [-0.2, -0.15) is 0 Å². The number of rotatable bonds is 6. The number of nitrogens with one attached hydrogen (secondary N) is 2. The van der Waals surface area contributed by atoms with Crippen LogP contribution in [-0.2, 0) is 13.1 Å². The number of anilines is 1. The molecule has 7 heteroatoms. The fourth-order valence-corrected chi connectivity index (χ4v) is 5.01. The highest BCUT2D eigenvalue weighted by Gasteiger charge is 2.20. The molecule has 2 aliphatic heterocycles. The highest BCUT2D eigenvalue weighted by atomic mass is 127. The number of aliphatic imine (C=N–C) groups is 1. The molecule has 0 bridgehead atoms. The van der Waals surface area contributed by atoms with E-state index >= 15 is 0 Å². The Balaban J connectivity index is 0.00000256. The van der Waals surface area contributed by atoms with E-state index in [9.17, 15) is 0 Å². The second-order valence-electron chi connectivity index (χ2n) is 8.08. The number of halogens is 1. The Labute approximate surface area is 202 Å². The van der Waals surface area contributed by atoms with Gasteiger partial charge in [0.2, 0.25) is 0 Å². The van der Waals surface area contributed by atoms with Gasteiger partial charge in [0.05, 0.1) is 5.00 Å². The number of hydrogen-bond donors (Lipinski definition) is 2. The van der Waals surface area contributed by atoms with E-state index in [2.05, 4.69) is 67.2 Å². The Hall–Kier alpha value is -1.32. The van der Waals surface area contributed by atoms with Crippen LogP contribution in [0.5, 0.6) is 0 Å². The van der Waals surface area contributed by atoms with Crippen molar-refractivity contribution >= 4 is 46.3 Å². The normalized spacial score (nSPS) is 18.3. The number of likely N-dealkylation sites (tertiary alicyclic amines) is 1. The first kappa shape index (κ1) is 23.3. The van der Waals surface area contributed by atoms with Gasteiger partial charge in [-0.25, -0.2) is 0 Å². The number of hydrogen-bond acceptors (Lipinski definition) is 4. The first-order chi connectivity index (χ1) is 14.3. The van der Waals surface area contributed by atoms with Crippen molar-refractivity contribution in [2.45, 2.75) is 44.8 Å². The van der Waals surface area contributed by atoms with Gasteiger partial charge in [-0.3, -0.25) is 9.89 Å². The molecule has 1 aromatic carbocycles. The van der Waals surface area contributed by atoms with Crippen LogP contribution in [0, 0.1) is 0 Å². The van der Waals surface area contributed by atoms with Gasteiger partial charge < -0.3 is 15.5 Å². The third-order valence-electron chi connectivity index (χ3n) is 5.97. The smallest absolute Gasteiger partial charge is 0.191 e. The van der Waals surface area contributed by atoms with Crippen molar-refractivity contribution in [3.63, 3.8) is 0 Å². The lowest BCUT2D eigenvalue weighted by Gasteiger charge is -2.33. The van der Waals surface area contributed by atoms with Crippen molar-refractivity contribution in [1.82, 2.24) is 15.5 Å². The van der Waals surface area contributed by atoms with Crippen molar-refractivity contribution in [2.24, 2.45) is 4.99 Å². The van der Waals surface area contributed by atoms with Crippen LogP contribution in [0.2, 0.25) is 0 Å². The summed E-state index contributed by atoms with van der Waals surface area (Å²) in [6.45, 7) is 6.59. The van der Waals surface area contributed by atoms with Gasteiger partial charge in [0, 0.05) is 39.3 Å². The first-order valence-electron chi connectivity index (χ1n) is 10.9. The predicted octanol–water partition coefficient (Wildman–Crippen LogP) is 4.30. The highest BCUT2D eigenvalue weighted by molar-refractivity contribution is 14.0. The topological polar surface area (TPSA) is 42.9 Å². The molecule has 2 fully saturated rings. The Bertz CT molecular complexity index is 763. The number of guanidine groups is 1. The SMILES string of the molecule is CN=C(NCc1ccc(CN2CCCC2)cc1)NC1CCN(c2cccs2)CC1.I. The Morgan fingerprint density at radius 2 is 1.73 bits per heavy atom. The van der Waals surface area contributed by atoms with E-state index in [0.717, 1.165) is 45.0 Å². The number of thiophene rings is 1. The maximum absolute atomic E-state index is 4.43. The molecule has 0 spiro atoms. The molecule has 1 aromatic heterocycles. The summed E-state index contributed by atoms with van der Waals surface area (Å²) in [5, 5.41) is 10.6. The second-order valence-corrected chi connectivity index (χ2v) is 9.01. The van der Waals surface area contributed by atoms with Crippen LogP contribution in [0.1, 0.15) is 36.8 Å². The average Bonchev–Trinajstić information content (AvgIpc) is 3.47. The van der Waals surface area contributed by atoms with Gasteiger partial charge in [-0.05, 0) is 67.4 Å². The quantitative estimate of drug-likeness (QED) is 0.327. The number of piperidine rings is 1. The van der Waals surface area contributed by atoms with Gasteiger partial charge in [-0.1, -0.05) is 24.3 Å². The average molecular weight is 540 g/mol. The minimum absolute atomic E-state index is 0. The lowest BCUT2D eigenvalue weighted by Crippen LogP contribution is -2.48. The molecular formula is C23H34IN5S. The molecule has 2 N–H and O–H groups in total. The maximum Gasteiger partial charge on any atom is 0.191 e. The van der Waals surface area contributed by atoms with Crippen molar-refractivity contribution in [2.75, 3.05) is 38.1 Å². The van der Waals surface area contributed by atoms with Crippen molar-refractivity contribution in [3.8, 4) is 0 Å². The molecule has 0 saturated carbocycles. The standard InChI is InChI=1S/C23H33N5S.HI/c1-24-23(26-21-10-14-28(15-11-21)22-5-4-16-29-22)25-17-19-6-8-20(9-7-19)18-27-12-2-3-13-27;/h4-9,16,21H,2-3,10-15,17-18H2,1H3,(H2,24,25,26);1H. The zero-order valence-corrected chi connectivity index (χ0v) is 21.0. The van der Waals surface area contributed by atoms with Gasteiger partial charge in [0.15, 0.2) is 5.96 Å². The summed E-state index contributed by atoms with van der Waals surface area (Å²) in [5.41, 5.74) is 2.71. The minimum Gasteiger partial charge on any atom is -0.363 e. The summed E-state index contributed by atoms with van der Waals surface area (Å²) < 4.78 is 0. The summed E-state index contributed by atoms with van der Waals surface area (Å²) in [5.74, 6) is 0.903. The van der Waals surface area contributed by atoms with E-state index in [1.807, 2.05) is 18.4 Å². The van der Waals surface area contributed by atoms with Crippen LogP contribution >= 0.6 is 35.3 Å². The van der Waals surface area contributed by atoms with Gasteiger partial charge in [-0.15, -0.1) is 35.3 Å². The summed E-state index contributed by atoms with van der Waals surface area (Å²) in [6.07, 6.45) is 4.98. The van der Waals surface area contributed by atoms with Gasteiger partial charge in [0.25, 0.3) is 0 Å². The summed E-state index contributed by atoms with van der Waals surface area (Å²) in [6, 6.07) is 13.9. The van der Waals surface area contributed by atoms with Crippen LogP contribution in [-0.4, -0.2) is 50.1 Å². The number of benzene rings is 1. The fourth-order valence-electron chi connectivity index (χ4n) is 4.23. The third-order valence-corrected chi connectivity index (χ3v) is 6.89. The van der Waals surface area contributed by atoms with E-state index in [0.29, 0.717) is 6.04 Å². The molecule has 164 valence electrons. The molecule has 0 atom stereocenters. The maximum atomic E-state index is 4.43. The van der Waals surface area contributed by atoms with Crippen molar-refractivity contribution in [3.05, 3.63) is 52.9 Å². The predicted molar refractivity (Wildman–Crippen MR) is 139 cm³/mol. The molecule has 0 unspecified atom stereocenters. The minimum atomic E-state index is 0. The van der Waals surface area contributed by atoms with Gasteiger partial charge in [0.1, 0.15) is 0 Å². The van der Waals surface area contributed by atoms with Crippen LogP contribution < -0.4 is 15.5 Å². The van der Waals surface area contributed by atoms with Crippen LogP contribution in [0.4, 0.5) is 5.00 Å². The highest BCUT2D eigenvalue weighted by Crippen LogP contribution is 2.24. The summed E-state index contributed by atoms with van der Waals surface area (Å²) in [4.78, 5) is 9.46. The fraction of sp³-hybridized carbons (Fsp3) is 0.522. The molecule has 30 heavy (non-hydrogen) atoms. The summed E-state index contributed by atoms with van der Waals surface area (Å²) in [7, 11) is 1.86. The molecular weight excluding hydrogens is 505 g/mol. The second kappa shape index (κ2) is 11.9. The van der Waals surface area contributed by atoms with E-state index in [-0.39, 0.29) is 24.0 Å². The summed E-state index contributed by atoms with van der Waals surface area (Å²) >= 11 is 1.83. The molecule has 2 aromatic rings. The zero-order chi connectivity index (χ0) is 19.9. The Kier molecular flexibility index (Phi) is 9.27. The number of nitrogens with zero attached hydrogens (tertiary/aromatic N) is 3. The molecule has 2 saturated heterocycles.